The lowest BCUT2D eigenvalue weighted by atomic mass is 10.2. The lowest BCUT2D eigenvalue weighted by Crippen LogP contribution is -2.14. The van der Waals surface area contributed by atoms with Crippen LogP contribution in [0.2, 0.25) is 0 Å². The third kappa shape index (κ3) is 6.58. The van der Waals surface area contributed by atoms with E-state index in [0.717, 1.165) is 0 Å². The quantitative estimate of drug-likeness (QED) is 0.348. The van der Waals surface area contributed by atoms with Crippen molar-refractivity contribution in [2.24, 2.45) is 0 Å². The second-order valence-electron chi connectivity index (χ2n) is 5.52. The molecule has 0 aliphatic rings. The fraction of sp³-hybridized carbons (Fsp3) is 0.333. The Labute approximate surface area is 152 Å². The summed E-state index contributed by atoms with van der Waals surface area (Å²) in [6.45, 7) is 2.52. The van der Waals surface area contributed by atoms with Gasteiger partial charge in [-0.3, -0.25) is 0 Å². The monoisotopic (exact) mass is 362 g/mol. The molecule has 0 saturated carbocycles. The predicted molar refractivity (Wildman–Crippen MR) is 103 cm³/mol. The zero-order chi connectivity index (χ0) is 18.8. The van der Waals surface area contributed by atoms with Gasteiger partial charge in [0, 0.05) is 23.5 Å². The third-order valence-corrected chi connectivity index (χ3v) is 3.42. The molecule has 2 aromatic rings. The van der Waals surface area contributed by atoms with E-state index in [2.05, 4.69) is 0 Å². The Hall–Kier alpha value is -2.84. The molecule has 0 aliphatic carbocycles. The molecule has 8 nitrogen and oxygen atoms in total. The van der Waals surface area contributed by atoms with Crippen LogP contribution in [0.1, 0.15) is 0 Å². The summed E-state index contributed by atoms with van der Waals surface area (Å²) in [5.74, 6) is 1.12. The molecular formula is C18H26N4O4. The highest BCUT2D eigenvalue weighted by molar-refractivity contribution is 5.60. The summed E-state index contributed by atoms with van der Waals surface area (Å²) in [6.07, 6.45) is 0. The van der Waals surface area contributed by atoms with Gasteiger partial charge in [-0.15, -0.1) is 0 Å². The van der Waals surface area contributed by atoms with Gasteiger partial charge in [0.05, 0.1) is 37.8 Å². The van der Waals surface area contributed by atoms with Gasteiger partial charge >= 0.3 is 0 Å². The Balaban J connectivity index is 1.48. The standard InChI is InChI=1S/C18H26N4O4/c19-13-1-3-15(21)17(11-13)25-9-7-23-5-6-24-8-10-26-18-12-14(20)2-4-16(18)22/h1-4,11-12H,5-10,19-22H2. The maximum absolute atomic E-state index is 5.79. The van der Waals surface area contributed by atoms with Crippen LogP contribution in [0.5, 0.6) is 11.5 Å². The number of hydrogen-bond acceptors (Lipinski definition) is 8. The van der Waals surface area contributed by atoms with Gasteiger partial charge in [-0.2, -0.15) is 0 Å². The molecule has 0 aliphatic heterocycles. The number of benzene rings is 2. The molecular weight excluding hydrogens is 336 g/mol. The predicted octanol–water partition coefficient (Wildman–Crippen LogP) is 1.51. The second kappa shape index (κ2) is 10.2. The van der Waals surface area contributed by atoms with Crippen molar-refractivity contribution in [3.8, 4) is 11.5 Å². The molecule has 0 spiro atoms. The first-order valence-corrected chi connectivity index (χ1v) is 8.27. The number of ether oxygens (including phenoxy) is 4. The highest BCUT2D eigenvalue weighted by Crippen LogP contribution is 2.24. The van der Waals surface area contributed by atoms with Crippen molar-refractivity contribution in [1.29, 1.82) is 0 Å². The number of nitrogens with two attached hydrogens (primary N) is 4. The summed E-state index contributed by atoms with van der Waals surface area (Å²) in [6, 6.07) is 10.2. The Bertz CT molecular complexity index is 637. The van der Waals surface area contributed by atoms with Crippen LogP contribution < -0.4 is 32.4 Å². The molecule has 2 rings (SSSR count). The van der Waals surface area contributed by atoms with Crippen LogP contribution in [0, 0.1) is 0 Å². The van der Waals surface area contributed by atoms with Crippen LogP contribution in [-0.4, -0.2) is 39.6 Å². The molecule has 0 amide bonds. The Morgan fingerprint density at radius 1 is 0.538 bits per heavy atom. The minimum atomic E-state index is 0.380. The molecule has 142 valence electrons. The molecule has 0 radical (unpaired) electrons. The zero-order valence-corrected chi connectivity index (χ0v) is 14.6. The zero-order valence-electron chi connectivity index (χ0n) is 14.6. The maximum Gasteiger partial charge on any atom is 0.144 e. The van der Waals surface area contributed by atoms with Crippen molar-refractivity contribution >= 4 is 22.7 Å². The topological polar surface area (TPSA) is 141 Å². The van der Waals surface area contributed by atoms with Gasteiger partial charge < -0.3 is 41.9 Å². The highest BCUT2D eigenvalue weighted by atomic mass is 16.6. The summed E-state index contributed by atoms with van der Waals surface area (Å²) < 4.78 is 21.9. The molecule has 8 heteroatoms. The van der Waals surface area contributed by atoms with E-state index in [1.165, 1.54) is 0 Å². The fourth-order valence-electron chi connectivity index (χ4n) is 2.09. The van der Waals surface area contributed by atoms with Gasteiger partial charge in [0.25, 0.3) is 0 Å². The molecule has 0 atom stereocenters. The van der Waals surface area contributed by atoms with Crippen molar-refractivity contribution in [3.05, 3.63) is 36.4 Å². The number of anilines is 4. The lowest BCUT2D eigenvalue weighted by Gasteiger charge is -2.11. The van der Waals surface area contributed by atoms with Crippen molar-refractivity contribution < 1.29 is 18.9 Å². The van der Waals surface area contributed by atoms with Crippen LogP contribution in [0.15, 0.2) is 36.4 Å². The molecule has 0 saturated heterocycles. The lowest BCUT2D eigenvalue weighted by molar-refractivity contribution is 0.0275. The number of hydrogen-bond donors (Lipinski definition) is 4. The summed E-state index contributed by atoms with van der Waals surface area (Å²) >= 11 is 0. The van der Waals surface area contributed by atoms with Gasteiger partial charge in [0.1, 0.15) is 24.7 Å². The van der Waals surface area contributed by atoms with E-state index in [1.807, 2.05) is 0 Å². The average Bonchev–Trinajstić information content (AvgIpc) is 2.62. The normalized spacial score (nSPS) is 10.6. The van der Waals surface area contributed by atoms with E-state index < -0.39 is 0 Å². The molecule has 0 fully saturated rings. The summed E-state index contributed by atoms with van der Waals surface area (Å²) in [7, 11) is 0. The van der Waals surface area contributed by atoms with E-state index in [9.17, 15) is 0 Å². The molecule has 0 bridgehead atoms. The van der Waals surface area contributed by atoms with Gasteiger partial charge in [-0.25, -0.2) is 0 Å². The molecule has 8 N–H and O–H groups in total. The highest BCUT2D eigenvalue weighted by Gasteiger charge is 2.02. The summed E-state index contributed by atoms with van der Waals surface area (Å²) in [5.41, 5.74) is 25.2. The van der Waals surface area contributed by atoms with Crippen LogP contribution in [0.3, 0.4) is 0 Å². The Morgan fingerprint density at radius 2 is 0.923 bits per heavy atom. The van der Waals surface area contributed by atoms with Crippen molar-refractivity contribution in [1.82, 2.24) is 0 Å². The first-order chi connectivity index (χ1) is 12.6. The number of rotatable bonds is 11. The summed E-state index contributed by atoms with van der Waals surface area (Å²) in [4.78, 5) is 0. The van der Waals surface area contributed by atoms with E-state index in [-0.39, 0.29) is 0 Å². The molecule has 0 heterocycles. The van der Waals surface area contributed by atoms with Gasteiger partial charge in [0.15, 0.2) is 0 Å². The van der Waals surface area contributed by atoms with Crippen molar-refractivity contribution in [2.75, 3.05) is 62.6 Å². The Morgan fingerprint density at radius 3 is 1.35 bits per heavy atom. The average molecular weight is 362 g/mol. The SMILES string of the molecule is Nc1ccc(N)c(OCCOCCOCCOc2cc(N)ccc2N)c1. The smallest absolute Gasteiger partial charge is 0.144 e. The third-order valence-electron chi connectivity index (χ3n) is 3.42. The molecule has 0 unspecified atom stereocenters. The van der Waals surface area contributed by atoms with E-state index in [1.54, 1.807) is 36.4 Å². The van der Waals surface area contributed by atoms with Gasteiger partial charge in [-0.1, -0.05) is 0 Å². The first-order valence-electron chi connectivity index (χ1n) is 8.27. The maximum atomic E-state index is 5.79. The molecule has 26 heavy (non-hydrogen) atoms. The van der Waals surface area contributed by atoms with Crippen molar-refractivity contribution in [2.45, 2.75) is 0 Å². The number of nitrogen functional groups attached to an aromatic ring is 4. The van der Waals surface area contributed by atoms with Gasteiger partial charge in [0.2, 0.25) is 0 Å². The van der Waals surface area contributed by atoms with Gasteiger partial charge in [-0.05, 0) is 24.3 Å². The first kappa shape index (κ1) is 19.5. The van der Waals surface area contributed by atoms with E-state index in [0.29, 0.717) is 73.9 Å². The van der Waals surface area contributed by atoms with Crippen LogP contribution >= 0.6 is 0 Å². The Kier molecular flexibility index (Phi) is 7.66. The van der Waals surface area contributed by atoms with E-state index >= 15 is 0 Å². The fourth-order valence-corrected chi connectivity index (χ4v) is 2.09. The van der Waals surface area contributed by atoms with Crippen LogP contribution in [0.4, 0.5) is 22.7 Å². The largest absolute Gasteiger partial charge is 0.489 e. The van der Waals surface area contributed by atoms with Crippen LogP contribution in [0.25, 0.3) is 0 Å². The second-order valence-corrected chi connectivity index (χ2v) is 5.52. The van der Waals surface area contributed by atoms with Crippen LogP contribution in [-0.2, 0) is 9.47 Å². The van der Waals surface area contributed by atoms with E-state index in [4.69, 9.17) is 41.9 Å². The minimum absolute atomic E-state index is 0.380. The molecule has 2 aromatic carbocycles. The summed E-state index contributed by atoms with van der Waals surface area (Å²) in [5, 5.41) is 0. The minimum Gasteiger partial charge on any atom is -0.489 e. The van der Waals surface area contributed by atoms with Crippen molar-refractivity contribution in [3.63, 3.8) is 0 Å². The molecule has 0 aromatic heterocycles.